The fourth-order valence-corrected chi connectivity index (χ4v) is 1.54. The van der Waals surface area contributed by atoms with Crippen molar-refractivity contribution in [3.05, 3.63) is 23.9 Å². The molecule has 1 rings (SSSR count). The Hall–Kier alpha value is -1.04. The summed E-state index contributed by atoms with van der Waals surface area (Å²) < 4.78 is 37.0. The number of aldehydes is 1. The molecule has 76 valence electrons. The summed E-state index contributed by atoms with van der Waals surface area (Å²) >= 11 is 0.775. The maximum atomic E-state index is 12.3. The minimum atomic E-state index is -4.42. The van der Waals surface area contributed by atoms with E-state index in [0.29, 0.717) is 6.29 Å². The lowest BCUT2D eigenvalue weighted by Gasteiger charge is -2.09. The second-order valence-electron chi connectivity index (χ2n) is 2.33. The number of aromatic nitrogens is 1. The molecule has 0 aromatic carbocycles. The number of nitrogens with zero attached hydrogens (tertiary/aromatic N) is 1. The lowest BCUT2D eigenvalue weighted by molar-refractivity contribution is -0.140. The summed E-state index contributed by atoms with van der Waals surface area (Å²) in [6.07, 6.45) is -2.61. The molecular weight excluding hydrogens is 215 g/mol. The Morgan fingerprint density at radius 3 is 2.79 bits per heavy atom. The number of hydrogen-bond acceptors (Lipinski definition) is 3. The zero-order valence-corrected chi connectivity index (χ0v) is 7.73. The minimum absolute atomic E-state index is 0.0277. The standard InChI is InChI=1S/C8H6F3NOS/c9-8(10,11)6-2-1-3-12-7(6)14-5-4-13/h1-4H,5H2. The van der Waals surface area contributed by atoms with Gasteiger partial charge in [-0.3, -0.25) is 0 Å². The fourth-order valence-electron chi connectivity index (χ4n) is 0.835. The van der Waals surface area contributed by atoms with Crippen LogP contribution in [-0.2, 0) is 11.0 Å². The van der Waals surface area contributed by atoms with E-state index < -0.39 is 11.7 Å². The van der Waals surface area contributed by atoms with E-state index in [0.717, 1.165) is 17.8 Å². The molecule has 0 bridgehead atoms. The minimum Gasteiger partial charge on any atom is -0.302 e. The van der Waals surface area contributed by atoms with Crippen molar-refractivity contribution in [2.45, 2.75) is 11.2 Å². The molecule has 1 aromatic rings. The Labute approximate surface area is 82.5 Å². The highest BCUT2D eigenvalue weighted by atomic mass is 32.2. The van der Waals surface area contributed by atoms with Crippen molar-refractivity contribution in [3.63, 3.8) is 0 Å². The van der Waals surface area contributed by atoms with Crippen LogP contribution in [0, 0.1) is 0 Å². The smallest absolute Gasteiger partial charge is 0.302 e. The van der Waals surface area contributed by atoms with E-state index >= 15 is 0 Å². The fraction of sp³-hybridized carbons (Fsp3) is 0.250. The van der Waals surface area contributed by atoms with E-state index in [4.69, 9.17) is 0 Å². The molecule has 6 heteroatoms. The van der Waals surface area contributed by atoms with Gasteiger partial charge in [0.05, 0.1) is 11.3 Å². The predicted octanol–water partition coefficient (Wildman–Crippen LogP) is 2.39. The number of rotatable bonds is 3. The average Bonchev–Trinajstić information content (AvgIpc) is 2.14. The van der Waals surface area contributed by atoms with Crippen LogP contribution in [-0.4, -0.2) is 17.0 Å². The molecule has 0 N–H and O–H groups in total. The van der Waals surface area contributed by atoms with Gasteiger partial charge in [0, 0.05) is 6.20 Å². The number of carbonyl (C=O) groups is 1. The van der Waals surface area contributed by atoms with Crippen molar-refractivity contribution >= 4 is 18.0 Å². The Morgan fingerprint density at radius 2 is 2.21 bits per heavy atom. The highest BCUT2D eigenvalue weighted by molar-refractivity contribution is 7.99. The quantitative estimate of drug-likeness (QED) is 0.580. The summed E-state index contributed by atoms with van der Waals surface area (Å²) in [5.74, 6) is -0.0277. The SMILES string of the molecule is O=CCSc1ncccc1C(F)(F)F. The molecule has 0 unspecified atom stereocenters. The van der Waals surface area contributed by atoms with E-state index in [-0.39, 0.29) is 10.8 Å². The van der Waals surface area contributed by atoms with Crippen LogP contribution < -0.4 is 0 Å². The third-order valence-electron chi connectivity index (χ3n) is 1.36. The Bertz CT molecular complexity index is 327. The topological polar surface area (TPSA) is 30.0 Å². The van der Waals surface area contributed by atoms with Gasteiger partial charge in [0.25, 0.3) is 0 Å². The first-order valence-corrected chi connectivity index (χ1v) is 4.63. The van der Waals surface area contributed by atoms with Crippen LogP contribution in [0.5, 0.6) is 0 Å². The molecule has 0 saturated heterocycles. The Kier molecular flexibility index (Phi) is 3.51. The van der Waals surface area contributed by atoms with Crippen molar-refractivity contribution < 1.29 is 18.0 Å². The zero-order chi connectivity index (χ0) is 10.6. The van der Waals surface area contributed by atoms with Crippen molar-refractivity contribution in [1.82, 2.24) is 4.98 Å². The molecule has 0 aliphatic rings. The lowest BCUT2D eigenvalue weighted by Crippen LogP contribution is -2.07. The summed E-state index contributed by atoms with van der Waals surface area (Å²) in [4.78, 5) is 13.6. The Balaban J connectivity index is 2.97. The van der Waals surface area contributed by atoms with Crippen LogP contribution in [0.25, 0.3) is 0 Å². The lowest BCUT2D eigenvalue weighted by atomic mass is 10.3. The highest BCUT2D eigenvalue weighted by Gasteiger charge is 2.33. The summed E-state index contributed by atoms with van der Waals surface area (Å²) in [7, 11) is 0. The number of alkyl halides is 3. The maximum absolute atomic E-state index is 12.3. The van der Waals surface area contributed by atoms with Gasteiger partial charge in [0.2, 0.25) is 0 Å². The highest BCUT2D eigenvalue weighted by Crippen LogP contribution is 2.34. The first-order valence-electron chi connectivity index (χ1n) is 3.64. The van der Waals surface area contributed by atoms with E-state index in [2.05, 4.69) is 4.98 Å². The molecule has 0 aliphatic heterocycles. The van der Waals surface area contributed by atoms with Crippen LogP contribution in [0.3, 0.4) is 0 Å². The maximum Gasteiger partial charge on any atom is 0.419 e. The summed E-state index contributed by atoms with van der Waals surface area (Å²) in [5.41, 5.74) is -0.799. The first-order chi connectivity index (χ1) is 6.55. The molecule has 0 radical (unpaired) electrons. The van der Waals surface area contributed by atoms with Gasteiger partial charge in [-0.25, -0.2) is 4.98 Å². The van der Waals surface area contributed by atoms with Gasteiger partial charge in [0.1, 0.15) is 11.3 Å². The second kappa shape index (κ2) is 4.45. The first kappa shape index (κ1) is 11.0. The van der Waals surface area contributed by atoms with Crippen molar-refractivity contribution in [2.24, 2.45) is 0 Å². The van der Waals surface area contributed by atoms with Gasteiger partial charge in [-0.1, -0.05) is 11.8 Å². The largest absolute Gasteiger partial charge is 0.419 e. The van der Waals surface area contributed by atoms with Crippen molar-refractivity contribution in [2.75, 3.05) is 5.75 Å². The van der Waals surface area contributed by atoms with Crippen LogP contribution in [0.15, 0.2) is 23.4 Å². The summed E-state index contributed by atoms with van der Waals surface area (Å²) in [5, 5.41) is -0.160. The van der Waals surface area contributed by atoms with Gasteiger partial charge in [0.15, 0.2) is 0 Å². The zero-order valence-electron chi connectivity index (χ0n) is 6.91. The van der Waals surface area contributed by atoms with E-state index in [1.165, 1.54) is 12.3 Å². The molecule has 14 heavy (non-hydrogen) atoms. The molecule has 1 aromatic heterocycles. The molecule has 2 nitrogen and oxygen atoms in total. The van der Waals surface area contributed by atoms with Gasteiger partial charge in [-0.2, -0.15) is 13.2 Å². The molecule has 0 spiro atoms. The van der Waals surface area contributed by atoms with Gasteiger partial charge < -0.3 is 4.79 Å². The van der Waals surface area contributed by atoms with Gasteiger partial charge >= 0.3 is 6.18 Å². The molecule has 1 heterocycles. The van der Waals surface area contributed by atoms with Crippen molar-refractivity contribution in [1.29, 1.82) is 0 Å². The number of carbonyl (C=O) groups excluding carboxylic acids is 1. The normalized spacial score (nSPS) is 11.4. The Morgan fingerprint density at radius 1 is 1.50 bits per heavy atom. The second-order valence-corrected chi connectivity index (χ2v) is 3.34. The van der Waals surface area contributed by atoms with Crippen LogP contribution in [0.1, 0.15) is 5.56 Å². The number of halogens is 3. The molecule has 0 saturated carbocycles. The van der Waals surface area contributed by atoms with Gasteiger partial charge in [-0.15, -0.1) is 0 Å². The van der Waals surface area contributed by atoms with Crippen LogP contribution >= 0.6 is 11.8 Å². The third-order valence-corrected chi connectivity index (χ3v) is 2.27. The predicted molar refractivity (Wildman–Crippen MR) is 46.0 cm³/mol. The van der Waals surface area contributed by atoms with Gasteiger partial charge in [-0.05, 0) is 12.1 Å². The molecule has 0 atom stereocenters. The molecule has 0 fully saturated rings. The molecule has 0 aliphatic carbocycles. The monoisotopic (exact) mass is 221 g/mol. The van der Waals surface area contributed by atoms with Crippen LogP contribution in [0.2, 0.25) is 0 Å². The number of thioether (sulfide) groups is 1. The third kappa shape index (κ3) is 2.73. The van der Waals surface area contributed by atoms with Crippen LogP contribution in [0.4, 0.5) is 13.2 Å². The number of hydrogen-bond donors (Lipinski definition) is 0. The van der Waals surface area contributed by atoms with E-state index in [9.17, 15) is 18.0 Å². The molecule has 0 amide bonds. The average molecular weight is 221 g/mol. The van der Waals surface area contributed by atoms with Crippen molar-refractivity contribution in [3.8, 4) is 0 Å². The van der Waals surface area contributed by atoms with E-state index in [1.807, 2.05) is 0 Å². The molecular formula is C8H6F3NOS. The summed E-state index contributed by atoms with van der Waals surface area (Å²) in [6.45, 7) is 0. The number of pyridine rings is 1. The summed E-state index contributed by atoms with van der Waals surface area (Å²) in [6, 6.07) is 2.16. The van der Waals surface area contributed by atoms with E-state index in [1.54, 1.807) is 0 Å².